The normalized spacial score (nSPS) is 10.9. The minimum Gasteiger partial charge on any atom is -0.444 e. The van der Waals surface area contributed by atoms with Crippen molar-refractivity contribution in [3.8, 4) is 0 Å². The highest BCUT2D eigenvalue weighted by atomic mass is 16.6. The number of alkyl carbamates (subject to hydrolysis) is 1. The van der Waals surface area contributed by atoms with Crippen molar-refractivity contribution in [1.29, 1.82) is 0 Å². The van der Waals surface area contributed by atoms with Crippen LogP contribution in [0.4, 0.5) is 10.5 Å². The second kappa shape index (κ2) is 11.9. The first kappa shape index (κ1) is 24.9. The number of nitrogens with one attached hydrogen (secondary N) is 3. The highest BCUT2D eigenvalue weighted by Gasteiger charge is 2.15. The topological polar surface area (TPSA) is 96.5 Å². The Kier molecular flexibility index (Phi) is 9.25. The molecule has 2 rings (SSSR count). The van der Waals surface area contributed by atoms with Gasteiger partial charge in [0.05, 0.1) is 0 Å². The van der Waals surface area contributed by atoms with Gasteiger partial charge in [0.1, 0.15) is 5.60 Å². The van der Waals surface area contributed by atoms with E-state index in [0.29, 0.717) is 25.1 Å². The van der Waals surface area contributed by atoms with E-state index in [9.17, 15) is 14.4 Å². The Morgan fingerprint density at radius 2 is 1.56 bits per heavy atom. The van der Waals surface area contributed by atoms with E-state index in [1.54, 1.807) is 32.9 Å². The van der Waals surface area contributed by atoms with Gasteiger partial charge in [0.2, 0.25) is 11.8 Å². The molecule has 0 fully saturated rings. The van der Waals surface area contributed by atoms with Crippen molar-refractivity contribution in [3.05, 3.63) is 65.2 Å². The first-order valence-corrected chi connectivity index (χ1v) is 10.8. The summed E-state index contributed by atoms with van der Waals surface area (Å²) in [4.78, 5) is 35.7. The molecule has 0 heterocycles. The summed E-state index contributed by atoms with van der Waals surface area (Å²) in [5, 5.41) is 8.26. The number of anilines is 1. The smallest absolute Gasteiger partial charge is 0.407 e. The zero-order valence-electron chi connectivity index (χ0n) is 19.3. The molecule has 172 valence electrons. The molecule has 0 saturated heterocycles. The maximum Gasteiger partial charge on any atom is 0.407 e. The molecule has 3 N–H and O–H groups in total. The first-order valence-electron chi connectivity index (χ1n) is 10.8. The first-order chi connectivity index (χ1) is 15.1. The zero-order chi connectivity index (χ0) is 23.6. The van der Waals surface area contributed by atoms with Crippen LogP contribution in [0.5, 0.6) is 0 Å². The van der Waals surface area contributed by atoms with Gasteiger partial charge in [0.25, 0.3) is 0 Å². The fourth-order valence-corrected chi connectivity index (χ4v) is 2.95. The minimum atomic E-state index is -0.575. The Morgan fingerprint density at radius 3 is 2.22 bits per heavy atom. The van der Waals surface area contributed by atoms with Gasteiger partial charge < -0.3 is 20.7 Å². The van der Waals surface area contributed by atoms with E-state index in [2.05, 4.69) is 16.0 Å². The predicted octanol–water partition coefficient (Wildman–Crippen LogP) is 4.10. The Balaban J connectivity index is 1.68. The molecule has 0 aliphatic carbocycles. The summed E-state index contributed by atoms with van der Waals surface area (Å²) in [5.74, 6) is -0.207. The molecule has 7 nitrogen and oxygen atoms in total. The Bertz CT molecular complexity index is 918. The van der Waals surface area contributed by atoms with Crippen LogP contribution in [0.25, 0.3) is 0 Å². The molecule has 3 amide bonds. The molecule has 7 heteroatoms. The van der Waals surface area contributed by atoms with Crippen LogP contribution in [0.15, 0.2) is 48.5 Å². The number of carbonyl (C=O) groups is 3. The standard InChI is InChI=1S/C25H33N3O4/c1-18-7-5-6-8-20(18)11-14-22(29)27-17-19-9-12-21(13-10-19)28-23(30)15-16-26-24(31)32-25(2,3)4/h5-10,12-13H,11,14-17H2,1-4H3,(H,26,31)(H,27,29)(H,28,30). The van der Waals surface area contributed by atoms with Crippen molar-refractivity contribution in [3.63, 3.8) is 0 Å². The van der Waals surface area contributed by atoms with Gasteiger partial charge in [-0.3, -0.25) is 9.59 Å². The molecular formula is C25H33N3O4. The largest absolute Gasteiger partial charge is 0.444 e. The van der Waals surface area contributed by atoms with Gasteiger partial charge in [-0.2, -0.15) is 0 Å². The summed E-state index contributed by atoms with van der Waals surface area (Å²) in [6, 6.07) is 15.4. The van der Waals surface area contributed by atoms with Crippen molar-refractivity contribution in [1.82, 2.24) is 10.6 Å². The van der Waals surface area contributed by atoms with Crippen LogP contribution in [-0.4, -0.2) is 30.1 Å². The number of benzene rings is 2. The van der Waals surface area contributed by atoms with Crippen LogP contribution in [0.1, 0.15) is 50.3 Å². The minimum absolute atomic E-state index is 0.00289. The Labute approximate surface area is 189 Å². The van der Waals surface area contributed by atoms with E-state index in [1.807, 2.05) is 43.3 Å². The van der Waals surface area contributed by atoms with Crippen LogP contribution >= 0.6 is 0 Å². The molecule has 2 aromatic rings. The van der Waals surface area contributed by atoms with Crippen LogP contribution in [0.3, 0.4) is 0 Å². The number of hydrogen-bond acceptors (Lipinski definition) is 4. The van der Waals surface area contributed by atoms with Gasteiger partial charge in [-0.1, -0.05) is 36.4 Å². The second-order valence-corrected chi connectivity index (χ2v) is 8.63. The van der Waals surface area contributed by atoms with Crippen LogP contribution < -0.4 is 16.0 Å². The molecule has 0 spiro atoms. The van der Waals surface area contributed by atoms with Gasteiger partial charge in [-0.15, -0.1) is 0 Å². The van der Waals surface area contributed by atoms with Crippen LogP contribution in [-0.2, 0) is 27.3 Å². The van der Waals surface area contributed by atoms with E-state index in [-0.39, 0.29) is 24.8 Å². The lowest BCUT2D eigenvalue weighted by Gasteiger charge is -2.19. The van der Waals surface area contributed by atoms with E-state index in [1.165, 1.54) is 11.1 Å². The lowest BCUT2D eigenvalue weighted by atomic mass is 10.0. The second-order valence-electron chi connectivity index (χ2n) is 8.63. The lowest BCUT2D eigenvalue weighted by Crippen LogP contribution is -2.34. The fraction of sp³-hybridized carbons (Fsp3) is 0.400. The molecule has 0 saturated carbocycles. The Morgan fingerprint density at radius 1 is 0.875 bits per heavy atom. The molecule has 0 atom stereocenters. The maximum absolute atomic E-state index is 12.1. The molecule has 0 aromatic heterocycles. The van der Waals surface area contributed by atoms with E-state index >= 15 is 0 Å². The molecule has 2 aromatic carbocycles. The van der Waals surface area contributed by atoms with Crippen molar-refractivity contribution in [2.24, 2.45) is 0 Å². The highest BCUT2D eigenvalue weighted by Crippen LogP contribution is 2.11. The molecule has 0 radical (unpaired) electrons. The van der Waals surface area contributed by atoms with E-state index in [0.717, 1.165) is 5.56 Å². The summed E-state index contributed by atoms with van der Waals surface area (Å²) in [7, 11) is 0. The number of rotatable bonds is 9. The fourth-order valence-electron chi connectivity index (χ4n) is 2.95. The summed E-state index contributed by atoms with van der Waals surface area (Å²) in [5.41, 5.74) is 3.40. The SMILES string of the molecule is Cc1ccccc1CCC(=O)NCc1ccc(NC(=O)CCNC(=O)OC(C)(C)C)cc1. The summed E-state index contributed by atoms with van der Waals surface area (Å²) in [6.45, 7) is 8.00. The molecular weight excluding hydrogens is 406 g/mol. The Hall–Kier alpha value is -3.35. The zero-order valence-corrected chi connectivity index (χ0v) is 19.3. The summed E-state index contributed by atoms with van der Waals surface area (Å²) >= 11 is 0. The molecule has 0 aliphatic heterocycles. The number of carbonyl (C=O) groups excluding carboxylic acids is 3. The summed E-state index contributed by atoms with van der Waals surface area (Å²) < 4.78 is 5.12. The third kappa shape index (κ3) is 9.64. The maximum atomic E-state index is 12.1. The molecule has 0 aliphatic rings. The average Bonchev–Trinajstić information content (AvgIpc) is 2.71. The highest BCUT2D eigenvalue weighted by molar-refractivity contribution is 5.91. The van der Waals surface area contributed by atoms with Crippen LogP contribution in [0.2, 0.25) is 0 Å². The predicted molar refractivity (Wildman–Crippen MR) is 125 cm³/mol. The molecule has 0 unspecified atom stereocenters. The van der Waals surface area contributed by atoms with Gasteiger partial charge >= 0.3 is 6.09 Å². The molecule has 32 heavy (non-hydrogen) atoms. The van der Waals surface area contributed by atoms with Gasteiger partial charge in [-0.25, -0.2) is 4.79 Å². The van der Waals surface area contributed by atoms with Crippen molar-refractivity contribution in [2.45, 2.75) is 59.1 Å². The van der Waals surface area contributed by atoms with Crippen molar-refractivity contribution < 1.29 is 19.1 Å². The van der Waals surface area contributed by atoms with E-state index in [4.69, 9.17) is 4.74 Å². The van der Waals surface area contributed by atoms with E-state index < -0.39 is 11.7 Å². The third-order valence-electron chi connectivity index (χ3n) is 4.63. The van der Waals surface area contributed by atoms with Gasteiger partial charge in [0.15, 0.2) is 0 Å². The molecule has 0 bridgehead atoms. The number of amides is 3. The van der Waals surface area contributed by atoms with Gasteiger partial charge in [0, 0.05) is 31.6 Å². The number of ether oxygens (including phenoxy) is 1. The van der Waals surface area contributed by atoms with Crippen molar-refractivity contribution >= 4 is 23.6 Å². The van der Waals surface area contributed by atoms with Crippen LogP contribution in [0, 0.1) is 6.92 Å². The lowest BCUT2D eigenvalue weighted by molar-refractivity contribution is -0.121. The van der Waals surface area contributed by atoms with Crippen molar-refractivity contribution in [2.75, 3.05) is 11.9 Å². The summed E-state index contributed by atoms with van der Waals surface area (Å²) in [6.07, 6.45) is 0.746. The quantitative estimate of drug-likeness (QED) is 0.548. The van der Waals surface area contributed by atoms with Gasteiger partial charge in [-0.05, 0) is 62.9 Å². The number of hydrogen-bond donors (Lipinski definition) is 3. The third-order valence-corrected chi connectivity index (χ3v) is 4.63. The number of aryl methyl sites for hydroxylation is 2. The monoisotopic (exact) mass is 439 g/mol. The average molecular weight is 440 g/mol.